The van der Waals surface area contributed by atoms with Crippen LogP contribution in [0.1, 0.15) is 38.3 Å². The van der Waals surface area contributed by atoms with Gasteiger partial charge in [-0.1, -0.05) is 30.7 Å². The summed E-state index contributed by atoms with van der Waals surface area (Å²) in [6.07, 6.45) is 0.993. The van der Waals surface area contributed by atoms with E-state index in [-0.39, 0.29) is 5.78 Å². The molecule has 1 unspecified atom stereocenters. The van der Waals surface area contributed by atoms with Gasteiger partial charge in [-0.15, -0.1) is 0 Å². The quantitative estimate of drug-likeness (QED) is 0.780. The number of ether oxygens (including phenoxy) is 1. The van der Waals surface area contributed by atoms with Crippen molar-refractivity contribution in [2.45, 2.75) is 46.1 Å². The van der Waals surface area contributed by atoms with Crippen LogP contribution in [0.5, 0.6) is 0 Å². The summed E-state index contributed by atoms with van der Waals surface area (Å²) in [4.78, 5) is 12.3. The first kappa shape index (κ1) is 15.2. The molecule has 0 bridgehead atoms. The van der Waals surface area contributed by atoms with Crippen LogP contribution < -0.4 is 0 Å². The Morgan fingerprint density at radius 2 is 2.06 bits per heavy atom. The van der Waals surface area contributed by atoms with Crippen molar-refractivity contribution < 1.29 is 9.53 Å². The number of aryl methyl sites for hydroxylation is 1. The van der Waals surface area contributed by atoms with Gasteiger partial charge in [0.2, 0.25) is 0 Å². The largest absolute Gasteiger partial charge is 0.368 e. The summed E-state index contributed by atoms with van der Waals surface area (Å²) in [5.74, 6) is 0.0811. The number of Topliss-reactive ketones (excluding diaryl/α,β-unsaturated/α-hetero) is 1. The second-order valence-electron chi connectivity index (χ2n) is 4.71. The summed E-state index contributed by atoms with van der Waals surface area (Å²) >= 11 is 6.15. The van der Waals surface area contributed by atoms with Gasteiger partial charge < -0.3 is 4.74 Å². The molecule has 100 valence electrons. The highest BCUT2D eigenvalue weighted by Gasteiger charge is 2.31. The van der Waals surface area contributed by atoms with Crippen molar-refractivity contribution in [1.82, 2.24) is 0 Å². The normalized spacial score (nSPS) is 14.3. The average Bonchev–Trinajstić information content (AvgIpc) is 2.32. The van der Waals surface area contributed by atoms with Crippen molar-refractivity contribution in [2.75, 3.05) is 6.61 Å². The molecular weight excluding hydrogens is 248 g/mol. The van der Waals surface area contributed by atoms with Crippen molar-refractivity contribution in [3.05, 3.63) is 34.3 Å². The minimum atomic E-state index is -0.705. The predicted molar refractivity (Wildman–Crippen MR) is 75.2 cm³/mol. The van der Waals surface area contributed by atoms with E-state index in [0.717, 1.165) is 11.1 Å². The summed E-state index contributed by atoms with van der Waals surface area (Å²) in [6.45, 7) is 8.23. The summed E-state index contributed by atoms with van der Waals surface area (Å²) < 4.78 is 5.58. The van der Waals surface area contributed by atoms with Crippen molar-refractivity contribution in [2.24, 2.45) is 0 Å². The van der Waals surface area contributed by atoms with Gasteiger partial charge in [0.25, 0.3) is 0 Å². The topological polar surface area (TPSA) is 26.3 Å². The molecule has 0 aromatic heterocycles. The molecule has 1 atom stereocenters. The van der Waals surface area contributed by atoms with Crippen LogP contribution in [0.4, 0.5) is 0 Å². The maximum Gasteiger partial charge on any atom is 0.168 e. The highest BCUT2D eigenvalue weighted by atomic mass is 35.5. The van der Waals surface area contributed by atoms with Gasteiger partial charge >= 0.3 is 0 Å². The third-order valence-corrected chi connectivity index (χ3v) is 3.64. The van der Waals surface area contributed by atoms with E-state index in [4.69, 9.17) is 16.3 Å². The van der Waals surface area contributed by atoms with E-state index in [1.165, 1.54) is 0 Å². The lowest BCUT2D eigenvalue weighted by Crippen LogP contribution is -2.39. The fourth-order valence-electron chi connectivity index (χ4n) is 1.85. The molecule has 0 aliphatic carbocycles. The lowest BCUT2D eigenvalue weighted by Gasteiger charge is -2.26. The Morgan fingerprint density at radius 3 is 2.56 bits per heavy atom. The van der Waals surface area contributed by atoms with Crippen molar-refractivity contribution >= 4 is 17.4 Å². The highest BCUT2D eigenvalue weighted by molar-refractivity contribution is 6.31. The number of ketones is 1. The SMILES string of the molecule is CCOC(C)(CC)C(=O)Cc1ccc(C)cc1Cl. The van der Waals surface area contributed by atoms with E-state index in [1.807, 2.05) is 45.9 Å². The van der Waals surface area contributed by atoms with Crippen LogP contribution >= 0.6 is 11.6 Å². The van der Waals surface area contributed by atoms with Crippen LogP contribution in [0, 0.1) is 6.92 Å². The summed E-state index contributed by atoms with van der Waals surface area (Å²) in [5.41, 5.74) is 1.26. The lowest BCUT2D eigenvalue weighted by molar-refractivity contribution is -0.141. The first-order valence-electron chi connectivity index (χ1n) is 6.35. The molecule has 0 N–H and O–H groups in total. The molecule has 0 saturated heterocycles. The standard InChI is InChI=1S/C15H21ClO2/c1-5-15(4,18-6-2)14(17)10-12-8-7-11(3)9-13(12)16/h7-9H,5-6,10H2,1-4H3. The number of carbonyl (C=O) groups excluding carboxylic acids is 1. The van der Waals surface area contributed by atoms with Gasteiger partial charge in [-0.25, -0.2) is 0 Å². The minimum Gasteiger partial charge on any atom is -0.368 e. The number of benzene rings is 1. The molecule has 1 aromatic carbocycles. The van der Waals surface area contributed by atoms with E-state index in [1.54, 1.807) is 0 Å². The molecule has 1 aromatic rings. The van der Waals surface area contributed by atoms with Crippen molar-refractivity contribution in [3.8, 4) is 0 Å². The molecule has 0 spiro atoms. The zero-order chi connectivity index (χ0) is 13.8. The highest BCUT2D eigenvalue weighted by Crippen LogP contribution is 2.23. The van der Waals surface area contributed by atoms with Crippen LogP contribution in [0.2, 0.25) is 5.02 Å². The van der Waals surface area contributed by atoms with Crippen LogP contribution in [0.25, 0.3) is 0 Å². The van der Waals surface area contributed by atoms with E-state index in [0.29, 0.717) is 24.5 Å². The Balaban J connectivity index is 2.86. The Bertz CT molecular complexity index is 429. The van der Waals surface area contributed by atoms with E-state index >= 15 is 0 Å². The fraction of sp³-hybridized carbons (Fsp3) is 0.533. The second-order valence-corrected chi connectivity index (χ2v) is 5.12. The molecule has 0 aliphatic heterocycles. The van der Waals surface area contributed by atoms with Gasteiger partial charge in [0.05, 0.1) is 0 Å². The Labute approximate surface area is 114 Å². The maximum atomic E-state index is 12.3. The molecule has 0 amide bonds. The molecule has 18 heavy (non-hydrogen) atoms. The van der Waals surface area contributed by atoms with Crippen molar-refractivity contribution in [3.63, 3.8) is 0 Å². The molecule has 0 aliphatic rings. The van der Waals surface area contributed by atoms with Crippen LogP contribution in [-0.2, 0) is 16.0 Å². The van der Waals surface area contributed by atoms with Crippen LogP contribution in [0.15, 0.2) is 18.2 Å². The van der Waals surface area contributed by atoms with Gasteiger partial charge in [0.1, 0.15) is 5.60 Å². The first-order valence-corrected chi connectivity index (χ1v) is 6.73. The summed E-state index contributed by atoms with van der Waals surface area (Å²) in [6, 6.07) is 5.77. The zero-order valence-electron chi connectivity index (χ0n) is 11.5. The van der Waals surface area contributed by atoms with Gasteiger partial charge in [-0.3, -0.25) is 4.79 Å². The minimum absolute atomic E-state index is 0.0811. The number of hydrogen-bond donors (Lipinski definition) is 0. The third-order valence-electron chi connectivity index (χ3n) is 3.29. The molecule has 0 radical (unpaired) electrons. The monoisotopic (exact) mass is 268 g/mol. The fourth-order valence-corrected chi connectivity index (χ4v) is 2.16. The van der Waals surface area contributed by atoms with Crippen LogP contribution in [-0.4, -0.2) is 18.0 Å². The molecule has 1 rings (SSSR count). The zero-order valence-corrected chi connectivity index (χ0v) is 12.3. The van der Waals surface area contributed by atoms with E-state index < -0.39 is 5.60 Å². The Hall–Kier alpha value is -0.860. The van der Waals surface area contributed by atoms with Gasteiger partial charge in [0, 0.05) is 18.1 Å². The van der Waals surface area contributed by atoms with Gasteiger partial charge in [0.15, 0.2) is 5.78 Å². The molecule has 2 nitrogen and oxygen atoms in total. The van der Waals surface area contributed by atoms with Gasteiger partial charge in [-0.2, -0.15) is 0 Å². The average molecular weight is 269 g/mol. The number of hydrogen-bond acceptors (Lipinski definition) is 2. The molecule has 0 heterocycles. The summed E-state index contributed by atoms with van der Waals surface area (Å²) in [5, 5.41) is 0.651. The third kappa shape index (κ3) is 3.56. The van der Waals surface area contributed by atoms with Crippen LogP contribution in [0.3, 0.4) is 0 Å². The van der Waals surface area contributed by atoms with Gasteiger partial charge in [-0.05, 0) is 44.4 Å². The smallest absolute Gasteiger partial charge is 0.168 e. The number of carbonyl (C=O) groups is 1. The molecule has 0 saturated carbocycles. The predicted octanol–water partition coefficient (Wildman–Crippen LogP) is 3.97. The van der Waals surface area contributed by atoms with E-state index in [2.05, 4.69) is 0 Å². The summed E-state index contributed by atoms with van der Waals surface area (Å²) in [7, 11) is 0. The van der Waals surface area contributed by atoms with E-state index in [9.17, 15) is 4.79 Å². The Morgan fingerprint density at radius 1 is 1.39 bits per heavy atom. The molecule has 3 heteroatoms. The molecule has 0 fully saturated rings. The second kappa shape index (κ2) is 6.35. The first-order chi connectivity index (χ1) is 8.42. The number of halogens is 1. The Kier molecular flexibility index (Phi) is 5.36. The number of rotatable bonds is 6. The van der Waals surface area contributed by atoms with Crippen molar-refractivity contribution in [1.29, 1.82) is 0 Å². The molecular formula is C15H21ClO2. The maximum absolute atomic E-state index is 12.3. The lowest BCUT2D eigenvalue weighted by atomic mass is 9.92.